The van der Waals surface area contributed by atoms with Gasteiger partial charge < -0.3 is 4.90 Å². The van der Waals surface area contributed by atoms with Crippen molar-refractivity contribution in [3.8, 4) is 0 Å². The quantitative estimate of drug-likeness (QED) is 0.797. The van der Waals surface area contributed by atoms with E-state index in [0.717, 1.165) is 42.5 Å². The molecule has 1 fully saturated rings. The third-order valence-electron chi connectivity index (χ3n) is 4.08. The van der Waals surface area contributed by atoms with E-state index in [1.165, 1.54) is 24.8 Å². The molecule has 1 aromatic carbocycles. The van der Waals surface area contributed by atoms with Crippen LogP contribution < -0.4 is 4.90 Å². The molecule has 0 N–H and O–H groups in total. The normalized spacial score (nSPS) is 15.6. The van der Waals surface area contributed by atoms with Gasteiger partial charge in [0.25, 0.3) is 0 Å². The number of pyridine rings is 1. The number of aromatic nitrogens is 1. The van der Waals surface area contributed by atoms with Gasteiger partial charge in [0, 0.05) is 18.5 Å². The molecule has 0 amide bonds. The minimum atomic E-state index is 0.715. The van der Waals surface area contributed by atoms with Gasteiger partial charge in [0.05, 0.1) is 11.1 Å². The topological polar surface area (TPSA) is 33.2 Å². The zero-order valence-corrected chi connectivity index (χ0v) is 11.9. The Morgan fingerprint density at radius 2 is 2.00 bits per heavy atom. The highest BCUT2D eigenvalue weighted by molar-refractivity contribution is 5.92. The molecule has 0 atom stereocenters. The van der Waals surface area contributed by atoms with E-state index in [9.17, 15) is 4.79 Å². The van der Waals surface area contributed by atoms with Crippen LogP contribution in [0.1, 0.15) is 42.1 Å². The number of fused-ring (bicyclic) bond motifs is 1. The van der Waals surface area contributed by atoms with E-state index in [4.69, 9.17) is 4.98 Å². The minimum absolute atomic E-state index is 0.715. The maximum atomic E-state index is 11.4. The second-order valence-corrected chi connectivity index (χ2v) is 5.45. The number of anilines is 1. The van der Waals surface area contributed by atoms with Crippen LogP contribution >= 0.6 is 0 Å². The van der Waals surface area contributed by atoms with Crippen LogP contribution in [0.2, 0.25) is 0 Å². The summed E-state index contributed by atoms with van der Waals surface area (Å²) in [5, 5.41) is 1.06. The lowest BCUT2D eigenvalue weighted by molar-refractivity contribution is 0.112. The van der Waals surface area contributed by atoms with Gasteiger partial charge >= 0.3 is 0 Å². The van der Waals surface area contributed by atoms with Crippen molar-refractivity contribution >= 4 is 23.0 Å². The number of nitrogens with zero attached hydrogens (tertiary/aromatic N) is 2. The first-order valence-corrected chi connectivity index (χ1v) is 7.45. The predicted octanol–water partition coefficient (Wildman–Crippen LogP) is 3.60. The van der Waals surface area contributed by atoms with Crippen molar-refractivity contribution in [3.05, 3.63) is 35.4 Å². The van der Waals surface area contributed by atoms with E-state index in [1.54, 1.807) is 0 Å². The van der Waals surface area contributed by atoms with Gasteiger partial charge in [-0.25, -0.2) is 4.98 Å². The Hall–Kier alpha value is -1.90. The number of carbonyl (C=O) groups excluding carboxylic acids is 1. The van der Waals surface area contributed by atoms with Crippen LogP contribution in [0.25, 0.3) is 10.9 Å². The summed E-state index contributed by atoms with van der Waals surface area (Å²) in [6.45, 7) is 4.15. The van der Waals surface area contributed by atoms with Crippen LogP contribution in [0.15, 0.2) is 24.3 Å². The van der Waals surface area contributed by atoms with Gasteiger partial charge in [0.15, 0.2) is 6.29 Å². The zero-order chi connectivity index (χ0) is 13.9. The highest BCUT2D eigenvalue weighted by Gasteiger charge is 2.16. The van der Waals surface area contributed by atoms with Crippen molar-refractivity contribution in [2.24, 2.45) is 0 Å². The number of benzene rings is 1. The van der Waals surface area contributed by atoms with Crippen molar-refractivity contribution in [1.82, 2.24) is 4.98 Å². The molecule has 0 unspecified atom stereocenters. The molecule has 3 rings (SSSR count). The SMILES string of the molecule is CCc1ccc2nc(N3CCCCC3)c(C=O)cc2c1. The summed E-state index contributed by atoms with van der Waals surface area (Å²) in [5.41, 5.74) is 2.97. The second-order valence-electron chi connectivity index (χ2n) is 5.45. The number of aldehydes is 1. The molecule has 1 aliphatic heterocycles. The monoisotopic (exact) mass is 268 g/mol. The Kier molecular flexibility index (Phi) is 3.68. The van der Waals surface area contributed by atoms with Gasteiger partial charge in [-0.05, 0) is 49.4 Å². The Morgan fingerprint density at radius 3 is 2.70 bits per heavy atom. The molecule has 3 nitrogen and oxygen atoms in total. The zero-order valence-electron chi connectivity index (χ0n) is 11.9. The van der Waals surface area contributed by atoms with Crippen LogP contribution in [0.5, 0.6) is 0 Å². The van der Waals surface area contributed by atoms with E-state index < -0.39 is 0 Å². The molecule has 3 heteroatoms. The van der Waals surface area contributed by atoms with Crippen molar-refractivity contribution < 1.29 is 4.79 Å². The Bertz CT molecular complexity index is 630. The lowest BCUT2D eigenvalue weighted by Crippen LogP contribution is -2.31. The Labute approximate surface area is 119 Å². The molecular weight excluding hydrogens is 248 g/mol. The fourth-order valence-electron chi connectivity index (χ4n) is 2.90. The minimum Gasteiger partial charge on any atom is -0.356 e. The van der Waals surface area contributed by atoms with Crippen LogP contribution in [0.4, 0.5) is 5.82 Å². The molecule has 20 heavy (non-hydrogen) atoms. The van der Waals surface area contributed by atoms with Crippen molar-refractivity contribution in [1.29, 1.82) is 0 Å². The fourth-order valence-corrected chi connectivity index (χ4v) is 2.90. The molecule has 2 aromatic rings. The number of hydrogen-bond donors (Lipinski definition) is 0. The van der Waals surface area contributed by atoms with Gasteiger partial charge in [0.2, 0.25) is 0 Å². The van der Waals surface area contributed by atoms with E-state index in [2.05, 4.69) is 30.0 Å². The van der Waals surface area contributed by atoms with E-state index >= 15 is 0 Å². The van der Waals surface area contributed by atoms with Crippen LogP contribution in [0, 0.1) is 0 Å². The molecule has 0 bridgehead atoms. The average Bonchev–Trinajstić information content (AvgIpc) is 2.53. The molecule has 0 radical (unpaired) electrons. The lowest BCUT2D eigenvalue weighted by atomic mass is 10.1. The van der Waals surface area contributed by atoms with Crippen LogP contribution in [-0.4, -0.2) is 24.4 Å². The summed E-state index contributed by atoms with van der Waals surface area (Å²) in [5.74, 6) is 0.858. The molecule has 2 heterocycles. The van der Waals surface area contributed by atoms with E-state index in [0.29, 0.717) is 5.56 Å². The Morgan fingerprint density at radius 1 is 1.20 bits per heavy atom. The number of hydrogen-bond acceptors (Lipinski definition) is 3. The summed E-state index contributed by atoms with van der Waals surface area (Å²) in [6.07, 6.45) is 5.59. The first-order chi connectivity index (χ1) is 9.81. The first-order valence-electron chi connectivity index (χ1n) is 7.45. The number of rotatable bonds is 3. The number of carbonyl (C=O) groups is 1. The molecule has 1 aromatic heterocycles. The summed E-state index contributed by atoms with van der Waals surface area (Å²) in [4.78, 5) is 18.4. The second kappa shape index (κ2) is 5.61. The third-order valence-corrected chi connectivity index (χ3v) is 4.08. The Balaban J connectivity index is 2.09. The largest absolute Gasteiger partial charge is 0.356 e. The number of piperidine rings is 1. The summed E-state index contributed by atoms with van der Waals surface area (Å²) < 4.78 is 0. The molecule has 1 aliphatic rings. The highest BCUT2D eigenvalue weighted by Crippen LogP contribution is 2.25. The molecular formula is C17H20N2O. The van der Waals surface area contributed by atoms with Gasteiger partial charge in [-0.1, -0.05) is 13.0 Å². The maximum Gasteiger partial charge on any atom is 0.153 e. The standard InChI is InChI=1S/C17H20N2O/c1-2-13-6-7-16-14(10-13)11-15(12-20)17(18-16)19-8-4-3-5-9-19/h6-7,10-12H,2-5,8-9H2,1H3. The molecule has 1 saturated heterocycles. The summed E-state index contributed by atoms with van der Waals surface area (Å²) in [7, 11) is 0. The molecule has 0 saturated carbocycles. The van der Waals surface area contributed by atoms with Crippen molar-refractivity contribution in [2.75, 3.05) is 18.0 Å². The third kappa shape index (κ3) is 2.40. The van der Waals surface area contributed by atoms with E-state index in [-0.39, 0.29) is 0 Å². The van der Waals surface area contributed by atoms with Gasteiger partial charge in [-0.3, -0.25) is 4.79 Å². The fraction of sp³-hybridized carbons (Fsp3) is 0.412. The molecule has 0 spiro atoms. The van der Waals surface area contributed by atoms with Gasteiger partial charge in [-0.2, -0.15) is 0 Å². The van der Waals surface area contributed by atoms with Gasteiger partial charge in [0.1, 0.15) is 5.82 Å². The smallest absolute Gasteiger partial charge is 0.153 e. The summed E-state index contributed by atoms with van der Waals surface area (Å²) >= 11 is 0. The number of aryl methyl sites for hydroxylation is 1. The van der Waals surface area contributed by atoms with Crippen molar-refractivity contribution in [2.45, 2.75) is 32.6 Å². The molecule has 0 aliphatic carbocycles. The lowest BCUT2D eigenvalue weighted by Gasteiger charge is -2.28. The maximum absolute atomic E-state index is 11.4. The first kappa shape index (κ1) is 13.1. The summed E-state index contributed by atoms with van der Waals surface area (Å²) in [6, 6.07) is 8.31. The highest BCUT2D eigenvalue weighted by atomic mass is 16.1. The van der Waals surface area contributed by atoms with Crippen molar-refractivity contribution in [3.63, 3.8) is 0 Å². The van der Waals surface area contributed by atoms with Crippen LogP contribution in [-0.2, 0) is 6.42 Å². The van der Waals surface area contributed by atoms with Crippen LogP contribution in [0.3, 0.4) is 0 Å². The molecule has 104 valence electrons. The average molecular weight is 268 g/mol. The van der Waals surface area contributed by atoms with Gasteiger partial charge in [-0.15, -0.1) is 0 Å². The predicted molar refractivity (Wildman–Crippen MR) is 82.6 cm³/mol. The van der Waals surface area contributed by atoms with E-state index in [1.807, 2.05) is 6.07 Å².